The molecule has 2 aliphatic rings. The van der Waals surface area contributed by atoms with E-state index in [0.29, 0.717) is 19.0 Å². The number of carbonyl (C=O) groups excluding carboxylic acids is 1. The quantitative estimate of drug-likeness (QED) is 0.377. The highest BCUT2D eigenvalue weighted by molar-refractivity contribution is 5.83. The van der Waals surface area contributed by atoms with Crippen molar-refractivity contribution in [2.45, 2.75) is 38.3 Å². The Morgan fingerprint density at radius 3 is 2.47 bits per heavy atom. The molecular formula is C29H30N4O3. The maximum absolute atomic E-state index is 12.9. The molecular weight excluding hydrogens is 452 g/mol. The SMILES string of the molecule is COc1ccc(-c2ccc3nc4n(c3c2)[C@@H](c2ccccc2)[C@H]2CN(C(=O)OC(C)(C)C)C[C@@H]42)cn1. The number of pyridine rings is 1. The Morgan fingerprint density at radius 1 is 1.00 bits per heavy atom. The van der Waals surface area contributed by atoms with Gasteiger partial charge in [0.15, 0.2) is 0 Å². The Balaban J connectivity index is 1.43. The van der Waals surface area contributed by atoms with Crippen LogP contribution in [0.15, 0.2) is 66.9 Å². The van der Waals surface area contributed by atoms with E-state index in [4.69, 9.17) is 14.5 Å². The van der Waals surface area contributed by atoms with Crippen LogP contribution in [-0.4, -0.2) is 51.3 Å². The topological polar surface area (TPSA) is 69.5 Å². The van der Waals surface area contributed by atoms with Crippen molar-refractivity contribution in [3.8, 4) is 17.0 Å². The molecule has 6 rings (SSSR count). The van der Waals surface area contributed by atoms with Gasteiger partial charge in [-0.25, -0.2) is 14.8 Å². The maximum Gasteiger partial charge on any atom is 0.410 e. The van der Waals surface area contributed by atoms with E-state index in [-0.39, 0.29) is 24.0 Å². The monoisotopic (exact) mass is 482 g/mol. The number of carbonyl (C=O) groups is 1. The Morgan fingerprint density at radius 2 is 1.78 bits per heavy atom. The number of amides is 1. The second kappa shape index (κ2) is 8.36. The lowest BCUT2D eigenvalue weighted by Gasteiger charge is -2.26. The van der Waals surface area contributed by atoms with Gasteiger partial charge >= 0.3 is 6.09 Å². The molecule has 2 aromatic heterocycles. The van der Waals surface area contributed by atoms with E-state index in [9.17, 15) is 4.79 Å². The summed E-state index contributed by atoms with van der Waals surface area (Å²) in [5, 5.41) is 0. The third-order valence-electron chi connectivity index (χ3n) is 7.17. The van der Waals surface area contributed by atoms with Crippen LogP contribution in [0.5, 0.6) is 5.88 Å². The average Bonchev–Trinajstić information content (AvgIpc) is 3.53. The largest absolute Gasteiger partial charge is 0.481 e. The number of nitrogens with zero attached hydrogens (tertiary/aromatic N) is 4. The molecule has 7 heteroatoms. The van der Waals surface area contributed by atoms with Gasteiger partial charge in [0.25, 0.3) is 0 Å². The lowest BCUT2D eigenvalue weighted by atomic mass is 9.88. The molecule has 4 heterocycles. The third-order valence-corrected chi connectivity index (χ3v) is 7.17. The van der Waals surface area contributed by atoms with E-state index in [0.717, 1.165) is 28.0 Å². The van der Waals surface area contributed by atoms with Crippen molar-refractivity contribution in [1.82, 2.24) is 19.4 Å². The summed E-state index contributed by atoms with van der Waals surface area (Å²) in [5.74, 6) is 2.02. The molecule has 7 nitrogen and oxygen atoms in total. The first kappa shape index (κ1) is 22.6. The second-order valence-electron chi connectivity index (χ2n) is 10.6. The molecule has 0 radical (unpaired) electrons. The van der Waals surface area contributed by atoms with Crippen molar-refractivity contribution < 1.29 is 14.3 Å². The molecule has 0 bridgehead atoms. The highest BCUT2D eigenvalue weighted by atomic mass is 16.6. The van der Waals surface area contributed by atoms with E-state index >= 15 is 0 Å². The number of ether oxygens (including phenoxy) is 2. The molecule has 184 valence electrons. The van der Waals surface area contributed by atoms with Crippen molar-refractivity contribution in [2.24, 2.45) is 5.92 Å². The van der Waals surface area contributed by atoms with Crippen LogP contribution >= 0.6 is 0 Å². The minimum Gasteiger partial charge on any atom is -0.481 e. The maximum atomic E-state index is 12.9. The Hall–Kier alpha value is -3.87. The molecule has 0 spiro atoms. The highest BCUT2D eigenvalue weighted by Crippen LogP contribution is 2.50. The van der Waals surface area contributed by atoms with E-state index in [1.165, 1.54) is 5.56 Å². The molecule has 2 aliphatic heterocycles. The molecule has 0 unspecified atom stereocenters. The van der Waals surface area contributed by atoms with Crippen molar-refractivity contribution in [3.05, 3.63) is 78.2 Å². The number of hydrogen-bond donors (Lipinski definition) is 0. The normalized spacial score (nSPS) is 20.9. The van der Waals surface area contributed by atoms with Crippen molar-refractivity contribution in [3.63, 3.8) is 0 Å². The van der Waals surface area contributed by atoms with E-state index < -0.39 is 5.60 Å². The van der Waals surface area contributed by atoms with Gasteiger partial charge < -0.3 is 18.9 Å². The average molecular weight is 483 g/mol. The number of likely N-dealkylation sites (tertiary alicyclic amines) is 1. The fraction of sp³-hybridized carbons (Fsp3) is 0.345. The summed E-state index contributed by atoms with van der Waals surface area (Å²) in [5.41, 5.74) is 4.88. The smallest absolute Gasteiger partial charge is 0.410 e. The summed E-state index contributed by atoms with van der Waals surface area (Å²) in [6.45, 7) is 6.98. The zero-order valence-corrected chi connectivity index (χ0v) is 21.0. The number of hydrogen-bond acceptors (Lipinski definition) is 5. The van der Waals surface area contributed by atoms with Gasteiger partial charge in [-0.1, -0.05) is 36.4 Å². The summed E-state index contributed by atoms with van der Waals surface area (Å²) >= 11 is 0. The highest BCUT2D eigenvalue weighted by Gasteiger charge is 2.50. The number of imidazole rings is 1. The Labute approximate surface area is 210 Å². The minimum atomic E-state index is -0.520. The van der Waals surface area contributed by atoms with Gasteiger partial charge in [0.2, 0.25) is 5.88 Å². The van der Waals surface area contributed by atoms with Crippen LogP contribution in [0.25, 0.3) is 22.2 Å². The predicted molar refractivity (Wildman–Crippen MR) is 138 cm³/mol. The second-order valence-corrected chi connectivity index (χ2v) is 10.6. The van der Waals surface area contributed by atoms with Gasteiger partial charge in [-0.3, -0.25) is 0 Å². The van der Waals surface area contributed by atoms with Crippen LogP contribution in [0, 0.1) is 5.92 Å². The molecule has 0 saturated carbocycles. The predicted octanol–water partition coefficient (Wildman–Crippen LogP) is 5.66. The van der Waals surface area contributed by atoms with Crippen molar-refractivity contribution in [1.29, 1.82) is 0 Å². The first-order valence-electron chi connectivity index (χ1n) is 12.4. The Kier molecular flexibility index (Phi) is 5.25. The third kappa shape index (κ3) is 3.79. The fourth-order valence-electron chi connectivity index (χ4n) is 5.65. The Bertz CT molecular complexity index is 1420. The van der Waals surface area contributed by atoms with Gasteiger partial charge in [-0.15, -0.1) is 0 Å². The zero-order valence-electron chi connectivity index (χ0n) is 21.0. The molecule has 1 amide bonds. The first-order valence-corrected chi connectivity index (χ1v) is 12.4. The number of rotatable bonds is 3. The molecule has 0 N–H and O–H groups in total. The van der Waals surface area contributed by atoms with Crippen molar-refractivity contribution >= 4 is 17.1 Å². The summed E-state index contributed by atoms with van der Waals surface area (Å²) in [4.78, 5) is 24.3. The molecule has 36 heavy (non-hydrogen) atoms. The summed E-state index contributed by atoms with van der Waals surface area (Å²) in [6, 6.07) is 20.9. The van der Waals surface area contributed by atoms with Gasteiger partial charge in [-0.05, 0) is 50.1 Å². The van der Waals surface area contributed by atoms with Gasteiger partial charge in [0.1, 0.15) is 11.4 Å². The molecule has 0 aliphatic carbocycles. The fourth-order valence-corrected chi connectivity index (χ4v) is 5.65. The molecule has 2 aromatic carbocycles. The zero-order chi connectivity index (χ0) is 25.0. The van der Waals surface area contributed by atoms with Crippen LogP contribution in [0.4, 0.5) is 4.79 Å². The number of aromatic nitrogens is 3. The van der Waals surface area contributed by atoms with Crippen molar-refractivity contribution in [2.75, 3.05) is 20.2 Å². The molecule has 4 aromatic rings. The lowest BCUT2D eigenvalue weighted by molar-refractivity contribution is 0.0282. The number of benzene rings is 2. The lowest BCUT2D eigenvalue weighted by Crippen LogP contribution is -2.36. The standard InChI is InChI=1S/C29H30N4O3/c1-29(2,3)36-28(34)32-16-21-22(17-32)27-31-23-12-10-19(20-11-13-25(35-4)30-15-20)14-24(23)33(27)26(21)18-8-6-5-7-9-18/h5-15,21-22,26H,16-17H2,1-4H3/t21-,22+,26-/m0/s1. The van der Waals surface area contributed by atoms with Crippen LogP contribution in [0.1, 0.15) is 44.1 Å². The van der Waals surface area contributed by atoms with E-state index in [1.807, 2.05) is 50.1 Å². The van der Waals surface area contributed by atoms with E-state index in [1.54, 1.807) is 7.11 Å². The summed E-state index contributed by atoms with van der Waals surface area (Å²) < 4.78 is 13.3. The van der Waals surface area contributed by atoms with Gasteiger partial charge in [-0.2, -0.15) is 0 Å². The van der Waals surface area contributed by atoms with E-state index in [2.05, 4.69) is 52.0 Å². The molecule has 1 saturated heterocycles. The first-order chi connectivity index (χ1) is 17.3. The minimum absolute atomic E-state index is 0.0906. The summed E-state index contributed by atoms with van der Waals surface area (Å²) in [7, 11) is 1.62. The van der Waals surface area contributed by atoms with Crippen LogP contribution in [-0.2, 0) is 4.74 Å². The molecule has 3 atom stereocenters. The number of fused-ring (bicyclic) bond motifs is 5. The van der Waals surface area contributed by atoms with Crippen LogP contribution in [0.3, 0.4) is 0 Å². The van der Waals surface area contributed by atoms with Crippen LogP contribution < -0.4 is 4.74 Å². The van der Waals surface area contributed by atoms with Gasteiger partial charge in [0, 0.05) is 42.8 Å². The van der Waals surface area contributed by atoms with Gasteiger partial charge in [0.05, 0.1) is 24.2 Å². The summed E-state index contributed by atoms with van der Waals surface area (Å²) in [6.07, 6.45) is 1.59. The van der Waals surface area contributed by atoms with Crippen LogP contribution in [0.2, 0.25) is 0 Å². The molecule has 1 fully saturated rings. The number of methoxy groups -OCH3 is 1.